The highest BCUT2D eigenvalue weighted by atomic mass is 32.1. The summed E-state index contributed by atoms with van der Waals surface area (Å²) in [5.74, 6) is 1.63. The Kier molecular flexibility index (Phi) is 8.10. The molecule has 14 rings (SSSR count). The summed E-state index contributed by atoms with van der Waals surface area (Å²) in [5, 5.41) is 5.09. The number of aromatic nitrogens is 1. The van der Waals surface area contributed by atoms with Crippen LogP contribution in [0.5, 0.6) is 0 Å². The predicted molar refractivity (Wildman–Crippen MR) is 276 cm³/mol. The fourth-order valence-corrected chi connectivity index (χ4v) is 13.8. The van der Waals surface area contributed by atoms with Gasteiger partial charge in [-0.25, -0.2) is 0 Å². The summed E-state index contributed by atoms with van der Waals surface area (Å²) in [7, 11) is 0. The van der Waals surface area contributed by atoms with E-state index in [-0.39, 0.29) is 5.41 Å². The quantitative estimate of drug-likeness (QED) is 0.162. The molecule has 1 spiro atoms. The van der Waals surface area contributed by atoms with Crippen LogP contribution in [0.25, 0.3) is 81.0 Å². The van der Waals surface area contributed by atoms with Gasteiger partial charge >= 0.3 is 0 Å². The van der Waals surface area contributed by atoms with E-state index in [4.69, 9.17) is 0 Å². The molecule has 65 heavy (non-hydrogen) atoms. The molecule has 11 aromatic rings. The number of hydrogen-bond donors (Lipinski definition) is 0. The van der Waals surface area contributed by atoms with E-state index in [1.165, 1.54) is 118 Å². The van der Waals surface area contributed by atoms with Gasteiger partial charge < -0.3 is 9.47 Å². The van der Waals surface area contributed by atoms with Gasteiger partial charge in [0.25, 0.3) is 0 Å². The van der Waals surface area contributed by atoms with Gasteiger partial charge in [-0.15, -0.1) is 11.3 Å². The summed E-state index contributed by atoms with van der Waals surface area (Å²) in [4.78, 5) is 2.47. The van der Waals surface area contributed by atoms with E-state index in [2.05, 4.69) is 217 Å². The number of fused-ring (bicyclic) bond motifs is 14. The van der Waals surface area contributed by atoms with Crippen LogP contribution >= 0.6 is 11.3 Å². The number of thiophene rings is 1. The molecular formula is C62H46N2S. The molecule has 3 heteroatoms. The number of nitrogens with zero attached hydrogens (tertiary/aromatic N) is 2. The van der Waals surface area contributed by atoms with Crippen molar-refractivity contribution in [3.05, 3.63) is 217 Å². The van der Waals surface area contributed by atoms with Gasteiger partial charge in [-0.3, -0.25) is 0 Å². The summed E-state index contributed by atoms with van der Waals surface area (Å²) >= 11 is 1.87. The largest absolute Gasteiger partial charge is 0.310 e. The van der Waals surface area contributed by atoms with Crippen LogP contribution in [-0.2, 0) is 5.41 Å². The Bertz CT molecular complexity index is 3700. The number of anilines is 3. The maximum atomic E-state index is 2.56. The van der Waals surface area contributed by atoms with Crippen LogP contribution in [0.15, 0.2) is 200 Å². The van der Waals surface area contributed by atoms with Gasteiger partial charge in [-0.1, -0.05) is 128 Å². The molecule has 9 aromatic carbocycles. The number of benzene rings is 9. The minimum Gasteiger partial charge on any atom is -0.310 e. The van der Waals surface area contributed by atoms with Gasteiger partial charge in [0.15, 0.2) is 0 Å². The van der Waals surface area contributed by atoms with Crippen LogP contribution in [0, 0.1) is 18.8 Å². The second kappa shape index (κ2) is 14.1. The van der Waals surface area contributed by atoms with Crippen molar-refractivity contribution in [2.24, 2.45) is 11.8 Å². The van der Waals surface area contributed by atoms with Crippen LogP contribution in [0.3, 0.4) is 0 Å². The van der Waals surface area contributed by atoms with Crippen molar-refractivity contribution >= 4 is 70.4 Å². The minimum absolute atomic E-state index is 0.188. The van der Waals surface area contributed by atoms with Crippen molar-refractivity contribution in [2.75, 3.05) is 4.90 Å². The van der Waals surface area contributed by atoms with E-state index < -0.39 is 0 Å². The molecule has 0 aliphatic heterocycles. The highest BCUT2D eigenvalue weighted by Crippen LogP contribution is 2.66. The molecule has 3 unspecified atom stereocenters. The van der Waals surface area contributed by atoms with Crippen LogP contribution in [0.2, 0.25) is 0 Å². The average molecular weight is 851 g/mol. The van der Waals surface area contributed by atoms with E-state index in [0.717, 1.165) is 23.2 Å². The smallest absolute Gasteiger partial charge is 0.0542 e. The van der Waals surface area contributed by atoms with Crippen molar-refractivity contribution in [1.82, 2.24) is 4.57 Å². The third-order valence-electron chi connectivity index (χ3n) is 15.6. The average Bonchev–Trinajstić information content (AvgIpc) is 4.19. The monoisotopic (exact) mass is 850 g/mol. The van der Waals surface area contributed by atoms with Gasteiger partial charge in [-0.05, 0) is 167 Å². The third-order valence-corrected chi connectivity index (χ3v) is 16.7. The standard InChI is InChI=1S/C62H46N2S/c1-39-33-43(41-20-22-42(23-21-41)44-24-29-50-49-13-5-8-16-55(49)62(56(50)35-44)38-40-19-26-45(62)34-40)25-30-57(39)63(48-28-32-61-54(37-48)52-15-7-10-18-60(52)65-61)47-27-31-59-53(36-47)51-14-6-9-17-58(51)64(59)46-11-3-2-4-12-46/h2-18,20-25,27-33,35-37,40,45H,19,26,34,38H2,1H3. The Morgan fingerprint density at radius 1 is 0.492 bits per heavy atom. The number of para-hydroxylation sites is 2. The SMILES string of the molecule is Cc1cc(-c2ccc(-c3ccc4c(c3)C3(CC5CCC3C5)c3ccccc3-4)cc2)ccc1N(c1ccc2sc3ccccc3c2c1)c1ccc2c(c1)c1ccccc1n2-c1ccccc1. The minimum atomic E-state index is 0.188. The molecule has 2 fully saturated rings. The molecule has 2 nitrogen and oxygen atoms in total. The number of hydrogen-bond acceptors (Lipinski definition) is 2. The molecule has 2 heterocycles. The van der Waals surface area contributed by atoms with Gasteiger partial charge in [-0.2, -0.15) is 0 Å². The lowest BCUT2D eigenvalue weighted by Crippen LogP contribution is -2.31. The fraction of sp³-hybridized carbons (Fsp3) is 0.129. The van der Waals surface area contributed by atoms with E-state index in [0.29, 0.717) is 0 Å². The van der Waals surface area contributed by atoms with Crippen molar-refractivity contribution in [3.8, 4) is 39.1 Å². The molecule has 2 bridgehead atoms. The van der Waals surface area contributed by atoms with Gasteiger partial charge in [0.1, 0.15) is 0 Å². The van der Waals surface area contributed by atoms with E-state index >= 15 is 0 Å². The maximum absolute atomic E-state index is 2.56. The summed E-state index contributed by atoms with van der Waals surface area (Å²) in [5.41, 5.74) is 19.6. The zero-order valence-corrected chi connectivity index (χ0v) is 37.2. The Morgan fingerprint density at radius 2 is 1.14 bits per heavy atom. The predicted octanol–water partition coefficient (Wildman–Crippen LogP) is 17.4. The van der Waals surface area contributed by atoms with Crippen molar-refractivity contribution in [2.45, 2.75) is 38.0 Å². The number of aryl methyl sites for hydroxylation is 1. The van der Waals surface area contributed by atoms with Gasteiger partial charge in [0.05, 0.1) is 11.0 Å². The molecule has 0 N–H and O–H groups in total. The van der Waals surface area contributed by atoms with Crippen LogP contribution < -0.4 is 4.90 Å². The maximum Gasteiger partial charge on any atom is 0.0542 e. The topological polar surface area (TPSA) is 8.17 Å². The zero-order valence-electron chi connectivity index (χ0n) is 36.3. The summed E-state index contributed by atoms with van der Waals surface area (Å²) in [6, 6.07) is 75.3. The molecular weight excluding hydrogens is 805 g/mol. The lowest BCUT2D eigenvalue weighted by Gasteiger charge is -2.36. The van der Waals surface area contributed by atoms with Gasteiger partial charge in [0.2, 0.25) is 0 Å². The van der Waals surface area contributed by atoms with E-state index in [9.17, 15) is 0 Å². The molecule has 0 radical (unpaired) electrons. The first-order valence-electron chi connectivity index (χ1n) is 23.3. The molecule has 3 aliphatic rings. The molecule has 3 atom stereocenters. The zero-order chi connectivity index (χ0) is 42.8. The Hall–Kier alpha value is -7.20. The Balaban J connectivity index is 0.858. The first-order valence-corrected chi connectivity index (χ1v) is 24.2. The van der Waals surface area contributed by atoms with Crippen molar-refractivity contribution in [1.29, 1.82) is 0 Å². The Morgan fingerprint density at radius 3 is 1.94 bits per heavy atom. The van der Waals surface area contributed by atoms with Crippen LogP contribution in [0.4, 0.5) is 17.1 Å². The summed E-state index contributed by atoms with van der Waals surface area (Å²) in [6.45, 7) is 2.27. The summed E-state index contributed by atoms with van der Waals surface area (Å²) < 4.78 is 5.02. The van der Waals surface area contributed by atoms with E-state index in [1.807, 2.05) is 11.3 Å². The lowest BCUT2D eigenvalue weighted by atomic mass is 9.66. The Labute approximate surface area is 383 Å². The van der Waals surface area contributed by atoms with Gasteiger partial charge in [0, 0.05) is 59.1 Å². The highest BCUT2D eigenvalue weighted by Gasteiger charge is 2.56. The lowest BCUT2D eigenvalue weighted by molar-refractivity contribution is 0.327. The first kappa shape index (κ1) is 37.2. The van der Waals surface area contributed by atoms with Crippen LogP contribution in [-0.4, -0.2) is 4.57 Å². The van der Waals surface area contributed by atoms with Crippen molar-refractivity contribution < 1.29 is 0 Å². The molecule has 3 aliphatic carbocycles. The van der Waals surface area contributed by atoms with Crippen LogP contribution in [0.1, 0.15) is 42.4 Å². The second-order valence-corrected chi connectivity index (χ2v) is 20.0. The molecule has 2 aromatic heterocycles. The third kappa shape index (κ3) is 5.52. The first-order chi connectivity index (χ1) is 32.1. The molecule has 0 saturated heterocycles. The molecule has 0 amide bonds. The molecule has 310 valence electrons. The second-order valence-electron chi connectivity index (χ2n) is 18.9. The number of rotatable bonds is 6. The van der Waals surface area contributed by atoms with Crippen molar-refractivity contribution in [3.63, 3.8) is 0 Å². The highest BCUT2D eigenvalue weighted by molar-refractivity contribution is 7.25. The molecule has 2 saturated carbocycles. The normalized spacial score (nSPS) is 18.4. The summed E-state index contributed by atoms with van der Waals surface area (Å²) in [6.07, 6.45) is 5.47. The fourth-order valence-electron chi connectivity index (χ4n) is 12.7. The van der Waals surface area contributed by atoms with E-state index in [1.54, 1.807) is 11.1 Å².